The molecule has 35 heavy (non-hydrogen) atoms. The summed E-state index contributed by atoms with van der Waals surface area (Å²) in [5, 5.41) is -0.424. The van der Waals surface area contributed by atoms with E-state index in [0.29, 0.717) is 18.4 Å². The summed E-state index contributed by atoms with van der Waals surface area (Å²) in [4.78, 5) is 15.6. The number of halogens is 6. The number of nitrogens with one attached hydrogen (secondary N) is 1. The molecule has 1 aromatic heterocycles. The summed E-state index contributed by atoms with van der Waals surface area (Å²) in [6.45, 7) is 0.795. The molecule has 3 aromatic rings. The maximum atomic E-state index is 14.6. The lowest BCUT2D eigenvalue weighted by atomic mass is 9.95. The van der Waals surface area contributed by atoms with E-state index in [2.05, 4.69) is 4.98 Å². The van der Waals surface area contributed by atoms with Crippen LogP contribution in [-0.4, -0.2) is 31.7 Å². The third-order valence-corrected chi connectivity index (χ3v) is 5.69. The van der Waals surface area contributed by atoms with Crippen LogP contribution in [0.2, 0.25) is 5.02 Å². The standard InChI is InChI=1S/C22H16ClF5N2O4S/c1-21(22(26,27)28,13-6-4-3-5-7-13)34-20-16(23)8-12(11-29-20)14-9-18(25)15(10-17(14)24)19(31)30-35(2,32)33/h3-11H,1-2H3,(H,30,31)/t21-/m0/s1. The summed E-state index contributed by atoms with van der Waals surface area (Å²) in [6, 6.07) is 8.86. The zero-order valence-corrected chi connectivity index (χ0v) is 19.5. The normalized spacial score (nSPS) is 13.7. The van der Waals surface area contributed by atoms with Gasteiger partial charge in [-0.1, -0.05) is 41.9 Å². The lowest BCUT2D eigenvalue weighted by Crippen LogP contribution is -2.45. The Morgan fingerprint density at radius 1 is 1.06 bits per heavy atom. The fraction of sp³-hybridized carbons (Fsp3) is 0.182. The molecule has 1 N–H and O–H groups in total. The maximum absolute atomic E-state index is 14.6. The molecule has 0 aliphatic heterocycles. The van der Waals surface area contributed by atoms with E-state index in [-0.39, 0.29) is 11.1 Å². The van der Waals surface area contributed by atoms with E-state index in [1.807, 2.05) is 0 Å². The summed E-state index contributed by atoms with van der Waals surface area (Å²) in [5.41, 5.74) is -4.48. The Balaban J connectivity index is 1.98. The zero-order valence-electron chi connectivity index (χ0n) is 18.0. The van der Waals surface area contributed by atoms with Crippen LogP contribution < -0.4 is 9.46 Å². The van der Waals surface area contributed by atoms with Crippen LogP contribution in [0.5, 0.6) is 5.88 Å². The van der Waals surface area contributed by atoms with Gasteiger partial charge >= 0.3 is 6.18 Å². The quantitative estimate of drug-likeness (QED) is 0.438. The van der Waals surface area contributed by atoms with E-state index in [0.717, 1.165) is 19.2 Å². The van der Waals surface area contributed by atoms with Crippen LogP contribution in [0.3, 0.4) is 0 Å². The first-order valence-electron chi connectivity index (χ1n) is 9.61. The number of carbonyl (C=O) groups is 1. The Labute approximate surface area is 201 Å². The van der Waals surface area contributed by atoms with Crippen LogP contribution >= 0.6 is 11.6 Å². The molecule has 0 bridgehead atoms. The van der Waals surface area contributed by atoms with E-state index >= 15 is 0 Å². The Hall–Kier alpha value is -3.25. The largest absolute Gasteiger partial charge is 0.456 e. The second-order valence-electron chi connectivity index (χ2n) is 7.53. The minimum atomic E-state index is -4.87. The fourth-order valence-corrected chi connectivity index (χ4v) is 3.69. The highest BCUT2D eigenvalue weighted by atomic mass is 35.5. The summed E-state index contributed by atoms with van der Waals surface area (Å²) in [5.74, 6) is -4.39. The molecule has 13 heteroatoms. The molecule has 0 fully saturated rings. The molecular formula is C22H16ClF5N2O4S. The average Bonchev–Trinajstić information content (AvgIpc) is 2.75. The topological polar surface area (TPSA) is 85.4 Å². The van der Waals surface area contributed by atoms with Crippen molar-refractivity contribution in [2.45, 2.75) is 18.7 Å². The predicted octanol–water partition coefficient (Wildman–Crippen LogP) is 5.23. The van der Waals surface area contributed by atoms with Crippen molar-refractivity contribution in [1.82, 2.24) is 9.71 Å². The van der Waals surface area contributed by atoms with E-state index in [9.17, 15) is 35.2 Å². The molecule has 0 spiro atoms. The molecule has 3 rings (SSSR count). The molecule has 0 unspecified atom stereocenters. The number of alkyl halides is 3. The van der Waals surface area contributed by atoms with Crippen LogP contribution in [0.1, 0.15) is 22.8 Å². The number of benzene rings is 2. The van der Waals surface area contributed by atoms with Crippen molar-refractivity contribution >= 4 is 27.5 Å². The Morgan fingerprint density at radius 3 is 2.23 bits per heavy atom. The first-order chi connectivity index (χ1) is 16.1. The van der Waals surface area contributed by atoms with Gasteiger partial charge in [-0.25, -0.2) is 26.9 Å². The van der Waals surface area contributed by atoms with Crippen molar-refractivity contribution in [3.63, 3.8) is 0 Å². The summed E-state index contributed by atoms with van der Waals surface area (Å²) >= 11 is 6.07. The van der Waals surface area contributed by atoms with E-state index < -0.39 is 61.4 Å². The summed E-state index contributed by atoms with van der Waals surface area (Å²) in [6.07, 6.45) is -3.29. The van der Waals surface area contributed by atoms with Gasteiger partial charge in [-0.2, -0.15) is 13.2 Å². The highest BCUT2D eigenvalue weighted by Gasteiger charge is 2.55. The molecule has 0 saturated heterocycles. The van der Waals surface area contributed by atoms with Gasteiger partial charge in [-0.05, 0) is 25.1 Å². The van der Waals surface area contributed by atoms with Gasteiger partial charge in [0.25, 0.3) is 5.91 Å². The van der Waals surface area contributed by atoms with Gasteiger partial charge in [0.15, 0.2) is 0 Å². The van der Waals surface area contributed by atoms with Crippen molar-refractivity contribution < 1.29 is 39.9 Å². The van der Waals surface area contributed by atoms with Gasteiger partial charge in [0.05, 0.1) is 11.8 Å². The molecule has 1 atom stereocenters. The lowest BCUT2D eigenvalue weighted by Gasteiger charge is -2.32. The summed E-state index contributed by atoms with van der Waals surface area (Å²) in [7, 11) is -4.03. The van der Waals surface area contributed by atoms with Gasteiger partial charge in [0, 0.05) is 22.9 Å². The Kier molecular flexibility index (Phi) is 7.09. The minimum Gasteiger partial charge on any atom is -0.456 e. The molecule has 0 aliphatic rings. The van der Waals surface area contributed by atoms with E-state index in [1.165, 1.54) is 35.1 Å². The van der Waals surface area contributed by atoms with Crippen molar-refractivity contribution in [2.24, 2.45) is 0 Å². The van der Waals surface area contributed by atoms with Crippen LogP contribution in [-0.2, 0) is 15.6 Å². The number of carbonyl (C=O) groups excluding carboxylic acids is 1. The first kappa shape index (κ1) is 26.4. The molecule has 186 valence electrons. The number of sulfonamides is 1. The van der Waals surface area contributed by atoms with Crippen molar-refractivity contribution in [2.75, 3.05) is 6.26 Å². The monoisotopic (exact) mass is 534 g/mol. The average molecular weight is 535 g/mol. The van der Waals surface area contributed by atoms with Crippen molar-refractivity contribution in [1.29, 1.82) is 0 Å². The van der Waals surface area contributed by atoms with Crippen LogP contribution in [0.4, 0.5) is 22.0 Å². The van der Waals surface area contributed by atoms with E-state index in [1.54, 1.807) is 0 Å². The number of hydrogen-bond acceptors (Lipinski definition) is 5. The number of nitrogens with zero attached hydrogens (tertiary/aromatic N) is 1. The number of aromatic nitrogens is 1. The van der Waals surface area contributed by atoms with Gasteiger partial charge in [0.2, 0.25) is 21.5 Å². The van der Waals surface area contributed by atoms with E-state index in [4.69, 9.17) is 16.3 Å². The third-order valence-electron chi connectivity index (χ3n) is 4.86. The van der Waals surface area contributed by atoms with Gasteiger partial charge in [0.1, 0.15) is 16.7 Å². The number of rotatable bonds is 6. The van der Waals surface area contributed by atoms with Gasteiger partial charge < -0.3 is 4.74 Å². The zero-order chi connectivity index (χ0) is 26.2. The smallest absolute Gasteiger partial charge is 0.432 e. The molecule has 6 nitrogen and oxygen atoms in total. The van der Waals surface area contributed by atoms with Crippen molar-refractivity contribution in [3.8, 4) is 17.0 Å². The highest BCUT2D eigenvalue weighted by molar-refractivity contribution is 7.89. The van der Waals surface area contributed by atoms with Crippen LogP contribution in [0.15, 0.2) is 54.7 Å². The number of pyridine rings is 1. The molecule has 0 saturated carbocycles. The van der Waals surface area contributed by atoms with Crippen LogP contribution in [0.25, 0.3) is 11.1 Å². The first-order valence-corrected chi connectivity index (χ1v) is 11.9. The second kappa shape index (κ2) is 9.42. The Bertz CT molecular complexity index is 1380. The molecule has 1 heterocycles. The number of hydrogen-bond donors (Lipinski definition) is 1. The second-order valence-corrected chi connectivity index (χ2v) is 9.68. The number of ether oxygens (including phenoxy) is 1. The van der Waals surface area contributed by atoms with Gasteiger partial charge in [-0.3, -0.25) is 4.79 Å². The van der Waals surface area contributed by atoms with Crippen LogP contribution in [0, 0.1) is 11.6 Å². The van der Waals surface area contributed by atoms with Gasteiger partial charge in [-0.15, -0.1) is 0 Å². The SMILES string of the molecule is C[C@](Oc1ncc(-c2cc(F)c(C(=O)NS(C)(=O)=O)cc2F)cc1Cl)(c1ccccc1)C(F)(F)F. The molecular weight excluding hydrogens is 519 g/mol. The lowest BCUT2D eigenvalue weighted by molar-refractivity contribution is -0.248. The maximum Gasteiger partial charge on any atom is 0.432 e. The van der Waals surface area contributed by atoms with Crippen molar-refractivity contribution in [3.05, 3.63) is 82.5 Å². The summed E-state index contributed by atoms with van der Waals surface area (Å²) < 4.78 is 99.8. The Morgan fingerprint density at radius 2 is 1.69 bits per heavy atom. The third kappa shape index (κ3) is 5.70. The molecule has 0 aliphatic carbocycles. The molecule has 2 aromatic carbocycles. The molecule has 0 radical (unpaired) electrons. The predicted molar refractivity (Wildman–Crippen MR) is 117 cm³/mol. The highest BCUT2D eigenvalue weighted by Crippen LogP contribution is 2.43. The molecule has 1 amide bonds. The number of amides is 1. The fourth-order valence-electron chi connectivity index (χ4n) is 3.04. The minimum absolute atomic E-state index is 0.137.